The van der Waals surface area contributed by atoms with Crippen LogP contribution >= 0.6 is 23.2 Å². The highest BCUT2D eigenvalue weighted by Crippen LogP contribution is 2.23. The first-order valence-electron chi connectivity index (χ1n) is 6.07. The van der Waals surface area contributed by atoms with Crippen LogP contribution in [0.25, 0.3) is 0 Å². The lowest BCUT2D eigenvalue weighted by Gasteiger charge is -2.07. The smallest absolute Gasteiger partial charge is 0.255 e. The van der Waals surface area contributed by atoms with Crippen molar-refractivity contribution in [1.82, 2.24) is 0 Å². The van der Waals surface area contributed by atoms with E-state index in [1.165, 1.54) is 6.07 Å². The fourth-order valence-corrected chi connectivity index (χ4v) is 1.99. The summed E-state index contributed by atoms with van der Waals surface area (Å²) in [4.78, 5) is 12.1. The molecule has 0 aromatic heterocycles. The van der Waals surface area contributed by atoms with Crippen LogP contribution in [0.4, 0.5) is 5.69 Å². The second kappa shape index (κ2) is 6.61. The van der Waals surface area contributed by atoms with Gasteiger partial charge in [-0.2, -0.15) is 0 Å². The summed E-state index contributed by atoms with van der Waals surface area (Å²) >= 11 is 11.7. The monoisotopic (exact) mass is 322 g/mol. The SMILES string of the molecule is C/C(=N\O)c1ccc(NC(=O)c2ccc(Cl)c(Cl)c2)cc1. The lowest BCUT2D eigenvalue weighted by molar-refractivity contribution is 0.102. The van der Waals surface area contributed by atoms with Gasteiger partial charge in [0.2, 0.25) is 0 Å². The van der Waals surface area contributed by atoms with Crippen LogP contribution in [0.3, 0.4) is 0 Å². The molecule has 1 amide bonds. The highest BCUT2D eigenvalue weighted by Gasteiger charge is 2.08. The third-order valence-electron chi connectivity index (χ3n) is 2.89. The minimum atomic E-state index is -0.283. The molecule has 4 nitrogen and oxygen atoms in total. The maximum Gasteiger partial charge on any atom is 0.255 e. The summed E-state index contributed by atoms with van der Waals surface area (Å²) in [5.74, 6) is -0.283. The van der Waals surface area contributed by atoms with Crippen molar-refractivity contribution in [2.75, 3.05) is 5.32 Å². The molecule has 0 spiro atoms. The molecule has 0 fully saturated rings. The van der Waals surface area contributed by atoms with Gasteiger partial charge in [-0.25, -0.2) is 0 Å². The van der Waals surface area contributed by atoms with Crippen LogP contribution in [0.2, 0.25) is 10.0 Å². The Balaban J connectivity index is 2.14. The molecule has 2 rings (SSSR count). The minimum Gasteiger partial charge on any atom is -0.411 e. The number of carbonyl (C=O) groups excluding carboxylic acids is 1. The van der Waals surface area contributed by atoms with E-state index in [9.17, 15) is 4.79 Å². The van der Waals surface area contributed by atoms with Crippen LogP contribution in [0, 0.1) is 0 Å². The molecule has 0 aliphatic carbocycles. The Morgan fingerprint density at radius 2 is 1.67 bits per heavy atom. The van der Waals surface area contributed by atoms with Gasteiger partial charge in [0.05, 0.1) is 15.8 Å². The van der Waals surface area contributed by atoms with E-state index >= 15 is 0 Å². The summed E-state index contributed by atoms with van der Waals surface area (Å²) in [6, 6.07) is 11.6. The second-order valence-corrected chi connectivity index (χ2v) is 5.16. The van der Waals surface area contributed by atoms with E-state index in [1.54, 1.807) is 43.3 Å². The number of hydrogen-bond donors (Lipinski definition) is 2. The van der Waals surface area contributed by atoms with Gasteiger partial charge in [0, 0.05) is 11.3 Å². The van der Waals surface area contributed by atoms with Crippen LogP contribution in [0.5, 0.6) is 0 Å². The van der Waals surface area contributed by atoms with Crippen LogP contribution in [-0.4, -0.2) is 16.8 Å². The Kier molecular flexibility index (Phi) is 4.83. The number of nitrogens with one attached hydrogen (secondary N) is 1. The molecule has 2 N–H and O–H groups in total. The van der Waals surface area contributed by atoms with E-state index in [4.69, 9.17) is 28.4 Å². The van der Waals surface area contributed by atoms with Gasteiger partial charge in [-0.15, -0.1) is 0 Å². The third-order valence-corrected chi connectivity index (χ3v) is 3.63. The molecule has 2 aromatic rings. The third kappa shape index (κ3) is 3.74. The number of halogens is 2. The van der Waals surface area contributed by atoms with E-state index in [0.29, 0.717) is 27.0 Å². The van der Waals surface area contributed by atoms with E-state index in [2.05, 4.69) is 10.5 Å². The molecule has 0 aliphatic heterocycles. The number of benzene rings is 2. The Morgan fingerprint density at radius 3 is 2.24 bits per heavy atom. The van der Waals surface area contributed by atoms with Crippen molar-refractivity contribution >= 4 is 40.5 Å². The maximum absolute atomic E-state index is 12.1. The van der Waals surface area contributed by atoms with Crippen LogP contribution < -0.4 is 5.32 Å². The Morgan fingerprint density at radius 1 is 1.05 bits per heavy atom. The van der Waals surface area contributed by atoms with Gasteiger partial charge in [-0.3, -0.25) is 4.79 Å². The number of amides is 1. The van der Waals surface area contributed by atoms with Gasteiger partial charge >= 0.3 is 0 Å². The highest BCUT2D eigenvalue weighted by molar-refractivity contribution is 6.42. The fraction of sp³-hybridized carbons (Fsp3) is 0.0667. The zero-order valence-electron chi connectivity index (χ0n) is 11.1. The fourth-order valence-electron chi connectivity index (χ4n) is 1.69. The summed E-state index contributed by atoms with van der Waals surface area (Å²) in [5, 5.41) is 15.3. The predicted octanol–water partition coefficient (Wildman–Crippen LogP) is 4.44. The number of hydrogen-bond acceptors (Lipinski definition) is 3. The van der Waals surface area contributed by atoms with E-state index in [1.807, 2.05) is 0 Å². The van der Waals surface area contributed by atoms with Gasteiger partial charge < -0.3 is 10.5 Å². The van der Waals surface area contributed by atoms with Crippen molar-refractivity contribution < 1.29 is 10.0 Å². The minimum absolute atomic E-state index is 0.283. The van der Waals surface area contributed by atoms with Crippen molar-refractivity contribution in [3.63, 3.8) is 0 Å². The summed E-state index contributed by atoms with van der Waals surface area (Å²) in [6.07, 6.45) is 0. The topological polar surface area (TPSA) is 61.7 Å². The maximum atomic E-state index is 12.1. The number of rotatable bonds is 3. The van der Waals surface area contributed by atoms with Gasteiger partial charge in [0.15, 0.2) is 0 Å². The molecule has 0 aliphatic rings. The highest BCUT2D eigenvalue weighted by atomic mass is 35.5. The molecule has 0 heterocycles. The van der Waals surface area contributed by atoms with Crippen LogP contribution in [-0.2, 0) is 0 Å². The first-order valence-corrected chi connectivity index (χ1v) is 6.82. The molecule has 0 radical (unpaired) electrons. The molecule has 0 bridgehead atoms. The van der Waals surface area contributed by atoms with Crippen LogP contribution in [0.15, 0.2) is 47.6 Å². The zero-order valence-corrected chi connectivity index (χ0v) is 12.6. The molecule has 108 valence electrons. The zero-order chi connectivity index (χ0) is 15.4. The second-order valence-electron chi connectivity index (χ2n) is 4.35. The molecular weight excluding hydrogens is 311 g/mol. The summed E-state index contributed by atoms with van der Waals surface area (Å²) < 4.78 is 0. The lowest BCUT2D eigenvalue weighted by atomic mass is 10.1. The average molecular weight is 323 g/mol. The van der Waals surface area contributed by atoms with Crippen LogP contribution in [0.1, 0.15) is 22.8 Å². The summed E-state index contributed by atoms with van der Waals surface area (Å²) in [6.45, 7) is 1.68. The van der Waals surface area contributed by atoms with Gasteiger partial charge in [0.25, 0.3) is 5.91 Å². The number of carbonyl (C=O) groups is 1. The van der Waals surface area contributed by atoms with Crippen molar-refractivity contribution in [1.29, 1.82) is 0 Å². The lowest BCUT2D eigenvalue weighted by Crippen LogP contribution is -2.11. The number of anilines is 1. The van der Waals surface area contributed by atoms with E-state index in [0.717, 1.165) is 5.56 Å². The van der Waals surface area contributed by atoms with Gasteiger partial charge in [0.1, 0.15) is 0 Å². The predicted molar refractivity (Wildman–Crippen MR) is 84.9 cm³/mol. The number of oxime groups is 1. The molecule has 21 heavy (non-hydrogen) atoms. The average Bonchev–Trinajstić information content (AvgIpc) is 2.50. The van der Waals surface area contributed by atoms with E-state index < -0.39 is 0 Å². The standard InChI is InChI=1S/C15H12Cl2N2O2/c1-9(19-21)10-2-5-12(6-3-10)18-15(20)11-4-7-13(16)14(17)8-11/h2-8,21H,1H3,(H,18,20)/b19-9+. The van der Waals surface area contributed by atoms with Gasteiger partial charge in [-0.05, 0) is 42.8 Å². The Bertz CT molecular complexity index is 697. The molecule has 0 saturated heterocycles. The van der Waals surface area contributed by atoms with Gasteiger partial charge in [-0.1, -0.05) is 40.5 Å². The van der Waals surface area contributed by atoms with Crippen molar-refractivity contribution in [2.45, 2.75) is 6.92 Å². The quantitative estimate of drug-likeness (QED) is 0.498. The Labute approximate surface area is 132 Å². The Hall–Kier alpha value is -2.04. The van der Waals surface area contributed by atoms with E-state index in [-0.39, 0.29) is 5.91 Å². The molecule has 0 saturated carbocycles. The molecule has 2 aromatic carbocycles. The normalized spacial score (nSPS) is 11.3. The van der Waals surface area contributed by atoms with Crippen molar-refractivity contribution in [2.24, 2.45) is 5.16 Å². The largest absolute Gasteiger partial charge is 0.411 e. The first-order chi connectivity index (χ1) is 10.0. The molecular formula is C15H12Cl2N2O2. The molecule has 0 unspecified atom stereocenters. The van der Waals surface area contributed by atoms with Crippen molar-refractivity contribution in [3.05, 3.63) is 63.6 Å². The summed E-state index contributed by atoms with van der Waals surface area (Å²) in [7, 11) is 0. The molecule has 6 heteroatoms. The summed E-state index contributed by atoms with van der Waals surface area (Å²) in [5.41, 5.74) is 2.31. The molecule has 0 atom stereocenters. The first kappa shape index (κ1) is 15.4. The van der Waals surface area contributed by atoms with Crippen molar-refractivity contribution in [3.8, 4) is 0 Å². The number of nitrogens with zero attached hydrogens (tertiary/aromatic N) is 1.